The Balaban J connectivity index is 0.945. The van der Waals surface area contributed by atoms with E-state index in [0.717, 1.165) is 47.0 Å². The molecule has 9 rings (SSSR count). The molecule has 0 saturated carbocycles. The minimum absolute atomic E-state index is 0.0891. The van der Waals surface area contributed by atoms with Crippen molar-refractivity contribution in [3.05, 3.63) is 119 Å². The standard InChI is InChI=1S/C49H50N8O8/c1-5-27(2)41(54-48(61)63-3)46(59)57-22-10-14-38(57)45-51-34-19-16-29(24-35(34)52-45)30-15-18-32-40(25-30)65-39-20-17-31(23-33(39)43(32)58)36-26-50-44(53-36)37-13-9-21-56(37)47(60)42(55-49(62)64-4)28-11-7-6-8-12-28/h6-8,11-12,15-20,23-27,37-38,41-42H,5,9-10,13-14,21-22H2,1-4H3,(H,50,53)(H,51,52)(H,54,61)(H,55,62)/t27-,37-,38-,41-,42+/m0/s1. The lowest BCUT2D eigenvalue weighted by atomic mass is 9.97. The molecule has 334 valence electrons. The normalized spacial score (nSPS) is 17.6. The molecule has 65 heavy (non-hydrogen) atoms. The van der Waals surface area contributed by atoms with Crippen molar-refractivity contribution in [1.82, 2.24) is 40.4 Å². The Morgan fingerprint density at radius 3 is 2.18 bits per heavy atom. The first kappa shape index (κ1) is 42.8. The van der Waals surface area contributed by atoms with E-state index in [1.165, 1.54) is 14.2 Å². The Kier molecular flexibility index (Phi) is 11.8. The molecule has 0 spiro atoms. The summed E-state index contributed by atoms with van der Waals surface area (Å²) in [6.45, 7) is 4.98. The van der Waals surface area contributed by atoms with Gasteiger partial charge in [-0.1, -0.05) is 62.7 Å². The third kappa shape index (κ3) is 8.27. The smallest absolute Gasteiger partial charge is 0.407 e. The van der Waals surface area contributed by atoms with Crippen LogP contribution >= 0.6 is 0 Å². The number of likely N-dealkylation sites (tertiary alicyclic amines) is 2. The first-order valence-electron chi connectivity index (χ1n) is 22.0. The zero-order chi connectivity index (χ0) is 45.4. The summed E-state index contributed by atoms with van der Waals surface area (Å²) >= 11 is 0. The molecule has 7 aromatic rings. The maximum Gasteiger partial charge on any atom is 0.407 e. The average Bonchev–Trinajstić information content (AvgIpc) is 4.18. The minimum Gasteiger partial charge on any atom is -0.456 e. The van der Waals surface area contributed by atoms with Crippen molar-refractivity contribution in [2.75, 3.05) is 27.3 Å². The van der Waals surface area contributed by atoms with Gasteiger partial charge in [-0.25, -0.2) is 19.6 Å². The Morgan fingerprint density at radius 2 is 1.45 bits per heavy atom. The number of nitrogens with zero attached hydrogens (tertiary/aromatic N) is 4. The molecule has 3 aromatic heterocycles. The molecule has 2 saturated heterocycles. The van der Waals surface area contributed by atoms with Crippen LogP contribution in [0.25, 0.3) is 55.4 Å². The van der Waals surface area contributed by atoms with Crippen molar-refractivity contribution in [2.45, 2.75) is 70.1 Å². The number of aromatic amines is 2. The number of methoxy groups -OCH3 is 2. The van der Waals surface area contributed by atoms with Gasteiger partial charge in [0, 0.05) is 18.7 Å². The first-order chi connectivity index (χ1) is 31.5. The summed E-state index contributed by atoms with van der Waals surface area (Å²) in [6.07, 6.45) is 4.06. The fraction of sp³-hybridized carbons (Fsp3) is 0.327. The molecule has 2 aliphatic rings. The van der Waals surface area contributed by atoms with Gasteiger partial charge in [0.05, 0.1) is 60.0 Å². The van der Waals surface area contributed by atoms with Gasteiger partial charge in [0.1, 0.15) is 34.9 Å². The number of nitrogens with one attached hydrogen (secondary N) is 4. The van der Waals surface area contributed by atoms with E-state index in [1.54, 1.807) is 46.3 Å². The third-order valence-corrected chi connectivity index (χ3v) is 12.9. The molecule has 5 heterocycles. The molecule has 0 unspecified atom stereocenters. The highest BCUT2D eigenvalue weighted by Crippen LogP contribution is 2.36. The second kappa shape index (κ2) is 17.9. The number of carbonyl (C=O) groups excluding carboxylic acids is 4. The first-order valence-corrected chi connectivity index (χ1v) is 22.0. The second-order valence-electron chi connectivity index (χ2n) is 16.7. The highest BCUT2D eigenvalue weighted by atomic mass is 16.5. The Morgan fingerprint density at radius 1 is 0.769 bits per heavy atom. The van der Waals surface area contributed by atoms with Crippen LogP contribution < -0.4 is 16.1 Å². The predicted molar refractivity (Wildman–Crippen MR) is 244 cm³/mol. The highest BCUT2D eigenvalue weighted by molar-refractivity contribution is 5.94. The van der Waals surface area contributed by atoms with Crippen LogP contribution in [0.5, 0.6) is 0 Å². The molecule has 4 amide bonds. The predicted octanol–water partition coefficient (Wildman–Crippen LogP) is 8.07. The number of imidazole rings is 2. The summed E-state index contributed by atoms with van der Waals surface area (Å²) in [5, 5.41) is 6.29. The van der Waals surface area contributed by atoms with Crippen molar-refractivity contribution in [3.63, 3.8) is 0 Å². The minimum atomic E-state index is -0.932. The average molecular weight is 879 g/mol. The number of carbonyl (C=O) groups is 4. The van der Waals surface area contributed by atoms with Crippen molar-refractivity contribution >= 4 is 57.0 Å². The van der Waals surface area contributed by atoms with Gasteiger partial charge in [-0.15, -0.1) is 0 Å². The van der Waals surface area contributed by atoms with E-state index >= 15 is 0 Å². The van der Waals surface area contributed by atoms with Gasteiger partial charge in [-0.3, -0.25) is 14.4 Å². The molecule has 2 aliphatic heterocycles. The molecule has 5 atom stereocenters. The number of hydrogen-bond acceptors (Lipinski definition) is 10. The summed E-state index contributed by atoms with van der Waals surface area (Å²) < 4.78 is 16.0. The quantitative estimate of drug-likeness (QED) is 0.0920. The lowest BCUT2D eigenvalue weighted by Crippen LogP contribution is -2.51. The Hall–Kier alpha value is -7.49. The van der Waals surface area contributed by atoms with Crippen LogP contribution in [0.2, 0.25) is 0 Å². The van der Waals surface area contributed by atoms with Gasteiger partial charge in [0.2, 0.25) is 11.3 Å². The van der Waals surface area contributed by atoms with Gasteiger partial charge in [-0.2, -0.15) is 0 Å². The fourth-order valence-electron chi connectivity index (χ4n) is 9.17. The molecule has 4 aromatic carbocycles. The van der Waals surface area contributed by atoms with Crippen LogP contribution in [-0.2, 0) is 19.1 Å². The van der Waals surface area contributed by atoms with Crippen molar-refractivity contribution in [2.24, 2.45) is 5.92 Å². The van der Waals surface area contributed by atoms with Gasteiger partial charge in [-0.05, 0) is 90.8 Å². The van der Waals surface area contributed by atoms with Crippen LogP contribution in [0.4, 0.5) is 9.59 Å². The van der Waals surface area contributed by atoms with Crippen molar-refractivity contribution in [1.29, 1.82) is 0 Å². The third-order valence-electron chi connectivity index (χ3n) is 12.9. The van der Waals surface area contributed by atoms with Crippen LogP contribution in [-0.4, -0.2) is 87.1 Å². The summed E-state index contributed by atoms with van der Waals surface area (Å²) in [5.41, 5.74) is 6.05. The lowest BCUT2D eigenvalue weighted by Gasteiger charge is -2.30. The molecule has 0 bridgehead atoms. The number of H-pyrrole nitrogens is 2. The number of amides is 4. The van der Waals surface area contributed by atoms with Crippen LogP contribution in [0.15, 0.2) is 100 Å². The highest BCUT2D eigenvalue weighted by Gasteiger charge is 2.39. The van der Waals surface area contributed by atoms with Crippen molar-refractivity contribution in [3.8, 4) is 22.4 Å². The number of alkyl carbamates (subject to hydrolysis) is 2. The van der Waals surface area contributed by atoms with Crippen LogP contribution in [0.3, 0.4) is 0 Å². The van der Waals surface area contributed by atoms with Gasteiger partial charge in [0.25, 0.3) is 5.91 Å². The van der Waals surface area contributed by atoms with E-state index in [1.807, 2.05) is 68.4 Å². The van der Waals surface area contributed by atoms with E-state index < -0.39 is 24.3 Å². The van der Waals surface area contributed by atoms with Crippen LogP contribution in [0.1, 0.15) is 81.3 Å². The Bertz CT molecular complexity index is 3000. The van der Waals surface area contributed by atoms with E-state index in [4.69, 9.17) is 18.9 Å². The summed E-state index contributed by atoms with van der Waals surface area (Å²) in [6, 6.07) is 23.7. The number of ether oxygens (including phenoxy) is 2. The number of hydrogen-bond donors (Lipinski definition) is 4. The molecule has 4 N–H and O–H groups in total. The number of fused-ring (bicyclic) bond motifs is 3. The number of rotatable bonds is 11. The fourth-order valence-corrected chi connectivity index (χ4v) is 9.17. The molecule has 16 heteroatoms. The maximum atomic E-state index is 14.0. The van der Waals surface area contributed by atoms with E-state index in [2.05, 4.69) is 25.6 Å². The molecule has 16 nitrogen and oxygen atoms in total. The molecule has 0 aliphatic carbocycles. The molecular formula is C49H50N8O8. The molecule has 0 radical (unpaired) electrons. The van der Waals surface area contributed by atoms with Gasteiger partial charge >= 0.3 is 12.2 Å². The van der Waals surface area contributed by atoms with E-state index in [9.17, 15) is 24.0 Å². The number of aromatic nitrogens is 4. The largest absolute Gasteiger partial charge is 0.456 e. The monoisotopic (exact) mass is 878 g/mol. The lowest BCUT2D eigenvalue weighted by molar-refractivity contribution is -0.136. The van der Waals surface area contributed by atoms with Gasteiger partial charge < -0.3 is 44.3 Å². The zero-order valence-corrected chi connectivity index (χ0v) is 36.6. The maximum absolute atomic E-state index is 14.0. The zero-order valence-electron chi connectivity index (χ0n) is 36.6. The van der Waals surface area contributed by atoms with E-state index in [-0.39, 0.29) is 35.2 Å². The SMILES string of the molecule is CC[C@H](C)[C@H](NC(=O)OC)C(=O)N1CCC[C@H]1c1nc2ccc(-c3ccc4c(=O)c5cc(-c6cnc([C@@H]7CCCN7C(=O)[C@H](NC(=O)OC)c7ccccc7)[nH]6)ccc5oc4c3)cc2[nH]1. The summed E-state index contributed by atoms with van der Waals surface area (Å²) in [7, 11) is 2.55. The summed E-state index contributed by atoms with van der Waals surface area (Å²) in [4.78, 5) is 86.3. The van der Waals surface area contributed by atoms with Gasteiger partial charge in [0.15, 0.2) is 0 Å². The van der Waals surface area contributed by atoms with Crippen molar-refractivity contribution < 1.29 is 33.1 Å². The van der Waals surface area contributed by atoms with Crippen LogP contribution in [0, 0.1) is 5.92 Å². The number of benzene rings is 4. The molecule has 2 fully saturated rings. The topological polar surface area (TPSA) is 205 Å². The van der Waals surface area contributed by atoms with E-state index in [0.29, 0.717) is 70.8 Å². The summed E-state index contributed by atoms with van der Waals surface area (Å²) in [5.74, 6) is 0.781. The molecular weight excluding hydrogens is 829 g/mol. The second-order valence-corrected chi connectivity index (χ2v) is 16.7. The Labute approximate surface area is 373 Å².